The maximum atomic E-state index is 12.7. The average molecular weight is 479 g/mol. The molecule has 0 saturated carbocycles. The lowest BCUT2D eigenvalue weighted by Gasteiger charge is -1.99. The lowest BCUT2D eigenvalue weighted by atomic mass is 10.2. The van der Waals surface area contributed by atoms with Crippen molar-refractivity contribution >= 4 is 35.4 Å². The lowest BCUT2D eigenvalue weighted by molar-refractivity contribution is 0.853. The van der Waals surface area contributed by atoms with E-state index in [1.54, 1.807) is 48.5 Å². The SMILES string of the molecule is Nc1[nH]n(-c2ccccc2)c(=O)c1C=Nc1ccc(N=Cc2c(N)[nH]n(-c3ccccc3)c2=O)cc1. The first kappa shape index (κ1) is 22.4. The van der Waals surface area contributed by atoms with E-state index in [9.17, 15) is 9.59 Å². The number of nitrogens with two attached hydrogens (primary N) is 2. The van der Waals surface area contributed by atoms with Gasteiger partial charge in [-0.05, 0) is 48.5 Å². The molecule has 0 radical (unpaired) electrons. The summed E-state index contributed by atoms with van der Waals surface area (Å²) >= 11 is 0. The highest BCUT2D eigenvalue weighted by molar-refractivity contribution is 5.88. The Balaban J connectivity index is 1.34. The van der Waals surface area contributed by atoms with Crippen molar-refractivity contribution in [3.8, 4) is 11.4 Å². The van der Waals surface area contributed by atoms with E-state index in [0.717, 1.165) is 0 Å². The second-order valence-corrected chi connectivity index (χ2v) is 7.86. The molecule has 2 heterocycles. The van der Waals surface area contributed by atoms with Crippen LogP contribution in [0.1, 0.15) is 11.1 Å². The monoisotopic (exact) mass is 478 g/mol. The molecule has 0 aliphatic carbocycles. The molecule has 0 unspecified atom stereocenters. The van der Waals surface area contributed by atoms with Crippen LogP contribution in [-0.2, 0) is 0 Å². The molecule has 10 nitrogen and oxygen atoms in total. The van der Waals surface area contributed by atoms with Crippen LogP contribution < -0.4 is 22.6 Å². The first-order valence-electron chi connectivity index (χ1n) is 11.0. The van der Waals surface area contributed by atoms with Gasteiger partial charge in [0.1, 0.15) is 22.8 Å². The minimum absolute atomic E-state index is 0.221. The second-order valence-electron chi connectivity index (χ2n) is 7.86. The molecule has 178 valence electrons. The van der Waals surface area contributed by atoms with E-state index in [0.29, 0.717) is 22.7 Å². The Morgan fingerprint density at radius 3 is 1.31 bits per heavy atom. The van der Waals surface area contributed by atoms with Gasteiger partial charge in [-0.2, -0.15) is 0 Å². The molecule has 0 saturated heterocycles. The summed E-state index contributed by atoms with van der Waals surface area (Å²) in [6.07, 6.45) is 2.86. The number of aromatic nitrogens is 4. The molecule has 0 aliphatic heterocycles. The van der Waals surface area contributed by atoms with E-state index >= 15 is 0 Å². The van der Waals surface area contributed by atoms with Gasteiger partial charge in [-0.3, -0.25) is 29.8 Å². The number of para-hydroxylation sites is 2. The summed E-state index contributed by atoms with van der Waals surface area (Å²) in [7, 11) is 0. The van der Waals surface area contributed by atoms with Crippen LogP contribution in [0.15, 0.2) is 105 Å². The number of aromatic amines is 2. The van der Waals surface area contributed by atoms with Crippen LogP contribution in [-0.4, -0.2) is 32.0 Å². The van der Waals surface area contributed by atoms with E-state index in [2.05, 4.69) is 20.2 Å². The second kappa shape index (κ2) is 9.47. The Labute approximate surface area is 204 Å². The zero-order valence-corrected chi connectivity index (χ0v) is 19.0. The molecule has 0 spiro atoms. The molecule has 5 aromatic rings. The van der Waals surface area contributed by atoms with Crippen LogP contribution in [0, 0.1) is 0 Å². The van der Waals surface area contributed by atoms with Crippen LogP contribution in [0.2, 0.25) is 0 Å². The Kier molecular flexibility index (Phi) is 5.90. The smallest absolute Gasteiger partial charge is 0.282 e. The molecule has 2 aromatic heterocycles. The highest BCUT2D eigenvalue weighted by Gasteiger charge is 2.12. The summed E-state index contributed by atoms with van der Waals surface area (Å²) in [6, 6.07) is 25.2. The van der Waals surface area contributed by atoms with E-state index in [-0.39, 0.29) is 33.9 Å². The first-order chi connectivity index (χ1) is 17.5. The topological polar surface area (TPSA) is 152 Å². The summed E-state index contributed by atoms with van der Waals surface area (Å²) < 4.78 is 2.74. The Bertz CT molecular complexity index is 1550. The summed E-state index contributed by atoms with van der Waals surface area (Å²) in [5.41, 5.74) is 14.5. The van der Waals surface area contributed by atoms with Crippen molar-refractivity contribution in [3.05, 3.63) is 117 Å². The van der Waals surface area contributed by atoms with Gasteiger partial charge in [0.2, 0.25) is 0 Å². The first-order valence-corrected chi connectivity index (χ1v) is 11.0. The molecular formula is C26H22N8O2. The van der Waals surface area contributed by atoms with Gasteiger partial charge in [0.25, 0.3) is 11.1 Å². The van der Waals surface area contributed by atoms with E-state index < -0.39 is 0 Å². The number of rotatable bonds is 6. The highest BCUT2D eigenvalue weighted by Crippen LogP contribution is 2.19. The summed E-state index contributed by atoms with van der Waals surface area (Å²) in [4.78, 5) is 34.2. The standard InChI is InChI=1S/C26H22N8O2/c27-23-21(25(35)33(31-23)19-7-3-1-4-8-19)15-29-17-11-13-18(14-12-17)30-16-22-24(28)32-34(26(22)36)20-9-5-2-6-10-20/h1-16,31-32H,27-28H2. The molecule has 6 N–H and O–H groups in total. The molecule has 36 heavy (non-hydrogen) atoms. The predicted octanol–water partition coefficient (Wildman–Crippen LogP) is 3.31. The number of hydrogen-bond acceptors (Lipinski definition) is 6. The van der Waals surface area contributed by atoms with Crippen LogP contribution in [0.3, 0.4) is 0 Å². The maximum absolute atomic E-state index is 12.7. The molecule has 0 atom stereocenters. The van der Waals surface area contributed by atoms with Crippen molar-refractivity contribution in [2.45, 2.75) is 0 Å². The average Bonchev–Trinajstić information content (AvgIpc) is 3.36. The van der Waals surface area contributed by atoms with Crippen LogP contribution in [0.5, 0.6) is 0 Å². The molecule has 0 amide bonds. The zero-order chi connectivity index (χ0) is 25.1. The van der Waals surface area contributed by atoms with E-state index in [1.807, 2.05) is 36.4 Å². The fraction of sp³-hybridized carbons (Fsp3) is 0. The molecule has 5 rings (SSSR count). The number of nitrogens with zero attached hydrogens (tertiary/aromatic N) is 4. The van der Waals surface area contributed by atoms with E-state index in [1.165, 1.54) is 21.8 Å². The number of aliphatic imine (C=N–C) groups is 2. The van der Waals surface area contributed by atoms with Crippen LogP contribution in [0.25, 0.3) is 11.4 Å². The summed E-state index contributed by atoms with van der Waals surface area (Å²) in [5.74, 6) is 0.443. The third-order valence-corrected chi connectivity index (χ3v) is 5.48. The predicted molar refractivity (Wildman–Crippen MR) is 143 cm³/mol. The molecule has 0 aliphatic rings. The summed E-state index contributed by atoms with van der Waals surface area (Å²) in [5, 5.41) is 5.72. The highest BCUT2D eigenvalue weighted by atomic mass is 16.1. The largest absolute Gasteiger partial charge is 0.383 e. The minimum atomic E-state index is -0.297. The van der Waals surface area contributed by atoms with Crippen molar-refractivity contribution < 1.29 is 0 Å². The van der Waals surface area contributed by atoms with Crippen molar-refractivity contribution in [1.82, 2.24) is 19.6 Å². The van der Waals surface area contributed by atoms with Gasteiger partial charge in [-0.25, -0.2) is 9.36 Å². The third kappa shape index (κ3) is 4.38. The number of H-pyrrole nitrogens is 2. The number of nitrogens with one attached hydrogen (secondary N) is 2. The van der Waals surface area contributed by atoms with Crippen molar-refractivity contribution in [1.29, 1.82) is 0 Å². The molecule has 3 aromatic carbocycles. The van der Waals surface area contributed by atoms with Crippen LogP contribution in [0.4, 0.5) is 23.0 Å². The molecule has 0 bridgehead atoms. The summed E-state index contributed by atoms with van der Waals surface area (Å²) in [6.45, 7) is 0. The van der Waals surface area contributed by atoms with Crippen molar-refractivity contribution in [2.24, 2.45) is 9.98 Å². The van der Waals surface area contributed by atoms with Gasteiger partial charge < -0.3 is 11.5 Å². The van der Waals surface area contributed by atoms with Gasteiger partial charge in [0.15, 0.2) is 0 Å². The van der Waals surface area contributed by atoms with Gasteiger partial charge in [0.05, 0.1) is 22.7 Å². The van der Waals surface area contributed by atoms with E-state index in [4.69, 9.17) is 11.5 Å². The number of nitrogen functional groups attached to an aromatic ring is 2. The van der Waals surface area contributed by atoms with Gasteiger partial charge in [0, 0.05) is 12.4 Å². The quantitative estimate of drug-likeness (QED) is 0.277. The fourth-order valence-electron chi connectivity index (χ4n) is 3.60. The Hall–Kier alpha value is -5.38. The van der Waals surface area contributed by atoms with Gasteiger partial charge in [-0.1, -0.05) is 36.4 Å². The zero-order valence-electron chi connectivity index (χ0n) is 19.0. The Morgan fingerprint density at radius 1 is 0.583 bits per heavy atom. The number of hydrogen-bond donors (Lipinski definition) is 4. The minimum Gasteiger partial charge on any atom is -0.383 e. The van der Waals surface area contributed by atoms with Crippen LogP contribution >= 0.6 is 0 Å². The normalized spacial score (nSPS) is 11.6. The number of benzene rings is 3. The lowest BCUT2D eigenvalue weighted by Crippen LogP contribution is -2.17. The fourth-order valence-corrected chi connectivity index (χ4v) is 3.60. The molecular weight excluding hydrogens is 456 g/mol. The molecule has 0 fully saturated rings. The third-order valence-electron chi connectivity index (χ3n) is 5.48. The maximum Gasteiger partial charge on any atom is 0.282 e. The van der Waals surface area contributed by atoms with Crippen molar-refractivity contribution in [2.75, 3.05) is 11.5 Å². The molecule has 10 heteroatoms. The van der Waals surface area contributed by atoms with Gasteiger partial charge in [-0.15, -0.1) is 0 Å². The number of anilines is 2. The Morgan fingerprint density at radius 2 is 0.944 bits per heavy atom. The van der Waals surface area contributed by atoms with Gasteiger partial charge >= 0.3 is 0 Å². The van der Waals surface area contributed by atoms with Crippen molar-refractivity contribution in [3.63, 3.8) is 0 Å².